The molecule has 0 N–H and O–H groups in total. The van der Waals surface area contributed by atoms with Gasteiger partial charge in [-0.05, 0) is 31.3 Å². The summed E-state index contributed by atoms with van der Waals surface area (Å²) >= 11 is 0. The minimum Gasteiger partial charge on any atom is -0.497 e. The van der Waals surface area contributed by atoms with Crippen LogP contribution >= 0.6 is 0 Å². The topological polar surface area (TPSA) is 89.1 Å². The van der Waals surface area contributed by atoms with Crippen LogP contribution in [-0.2, 0) is 0 Å². The number of hydrogen-bond donors (Lipinski definition) is 0. The van der Waals surface area contributed by atoms with Crippen LogP contribution < -0.4 is 4.74 Å². The van der Waals surface area contributed by atoms with Crippen molar-refractivity contribution in [2.45, 2.75) is 0 Å². The van der Waals surface area contributed by atoms with Gasteiger partial charge in [0.2, 0.25) is 0 Å². The molecule has 1 aliphatic rings. The van der Waals surface area contributed by atoms with Gasteiger partial charge in [0, 0.05) is 26.2 Å². The Labute approximate surface area is 144 Å². The number of nitrogens with zero attached hydrogens (tertiary/aromatic N) is 3. The summed E-state index contributed by atoms with van der Waals surface area (Å²) in [6.45, 7) is 2.88. The van der Waals surface area contributed by atoms with Gasteiger partial charge >= 0.3 is 0 Å². The summed E-state index contributed by atoms with van der Waals surface area (Å²) in [5.41, 5.74) is 0.176. The number of rotatable bonds is 4. The van der Waals surface area contributed by atoms with Crippen molar-refractivity contribution in [3.05, 3.63) is 46.2 Å². The molecule has 132 valence electrons. The molecule has 1 aromatic heterocycles. The summed E-state index contributed by atoms with van der Waals surface area (Å²) in [7, 11) is 3.45. The molecule has 0 bridgehead atoms. The Balaban J connectivity index is 1.86. The molecule has 1 amide bonds. The maximum Gasteiger partial charge on any atom is 0.289 e. The lowest BCUT2D eigenvalue weighted by molar-refractivity contribution is -0.384. The first-order valence-corrected chi connectivity index (χ1v) is 7.90. The Hall–Kier alpha value is -2.87. The molecule has 8 nitrogen and oxygen atoms in total. The van der Waals surface area contributed by atoms with Gasteiger partial charge in [-0.2, -0.15) is 0 Å². The molecule has 2 aromatic rings. The van der Waals surface area contributed by atoms with Crippen molar-refractivity contribution in [3.63, 3.8) is 0 Å². The van der Waals surface area contributed by atoms with Crippen LogP contribution in [0.25, 0.3) is 11.3 Å². The van der Waals surface area contributed by atoms with E-state index in [1.807, 2.05) is 7.05 Å². The molecule has 1 aromatic carbocycles. The fourth-order valence-corrected chi connectivity index (χ4v) is 2.76. The first kappa shape index (κ1) is 17.0. The largest absolute Gasteiger partial charge is 0.497 e. The Morgan fingerprint density at radius 3 is 2.56 bits per heavy atom. The van der Waals surface area contributed by atoms with Gasteiger partial charge in [-0.15, -0.1) is 0 Å². The van der Waals surface area contributed by atoms with Crippen LogP contribution in [0.4, 0.5) is 5.69 Å². The number of hydrogen-bond acceptors (Lipinski definition) is 6. The molecule has 8 heteroatoms. The second kappa shape index (κ2) is 6.94. The smallest absolute Gasteiger partial charge is 0.289 e. The Morgan fingerprint density at radius 1 is 1.20 bits per heavy atom. The lowest BCUT2D eigenvalue weighted by Gasteiger charge is -2.31. The first-order valence-electron chi connectivity index (χ1n) is 7.90. The van der Waals surface area contributed by atoms with E-state index in [1.54, 1.807) is 29.2 Å². The molecular weight excluding hydrogens is 326 g/mol. The van der Waals surface area contributed by atoms with Gasteiger partial charge in [-0.1, -0.05) is 0 Å². The van der Waals surface area contributed by atoms with Gasteiger partial charge in [0.05, 0.1) is 23.7 Å². The van der Waals surface area contributed by atoms with E-state index >= 15 is 0 Å². The van der Waals surface area contributed by atoms with E-state index < -0.39 is 4.92 Å². The lowest BCUT2D eigenvalue weighted by Crippen LogP contribution is -2.47. The quantitative estimate of drug-likeness (QED) is 0.624. The second-order valence-corrected chi connectivity index (χ2v) is 5.90. The van der Waals surface area contributed by atoms with E-state index in [1.165, 1.54) is 13.2 Å². The Bertz CT molecular complexity index is 793. The maximum absolute atomic E-state index is 12.5. The Morgan fingerprint density at radius 2 is 1.92 bits per heavy atom. The van der Waals surface area contributed by atoms with Crippen LogP contribution in [0.3, 0.4) is 0 Å². The molecule has 1 aliphatic heterocycles. The number of likely N-dealkylation sites (N-methyl/N-ethyl adjacent to an activating group) is 1. The Kier molecular flexibility index (Phi) is 4.71. The van der Waals surface area contributed by atoms with Crippen LogP contribution in [0.1, 0.15) is 10.6 Å². The molecule has 0 unspecified atom stereocenters. The summed E-state index contributed by atoms with van der Waals surface area (Å²) in [5.74, 6) is 0.655. The number of amides is 1. The molecular formula is C17H19N3O5. The fraction of sp³-hybridized carbons (Fsp3) is 0.353. The van der Waals surface area contributed by atoms with E-state index in [-0.39, 0.29) is 23.1 Å². The lowest BCUT2D eigenvalue weighted by atomic mass is 10.1. The number of ether oxygens (including phenoxy) is 1. The molecule has 3 rings (SSSR count). The molecule has 25 heavy (non-hydrogen) atoms. The second-order valence-electron chi connectivity index (χ2n) is 5.90. The van der Waals surface area contributed by atoms with Crippen molar-refractivity contribution < 1.29 is 18.9 Å². The molecule has 0 radical (unpaired) electrons. The molecule has 0 spiro atoms. The van der Waals surface area contributed by atoms with Crippen molar-refractivity contribution in [2.75, 3.05) is 40.3 Å². The minimum absolute atomic E-state index is 0.132. The number of piperazine rings is 1. The minimum atomic E-state index is -0.498. The highest BCUT2D eigenvalue weighted by Crippen LogP contribution is 2.34. The molecule has 1 saturated heterocycles. The van der Waals surface area contributed by atoms with Crippen molar-refractivity contribution in [2.24, 2.45) is 0 Å². The number of nitro benzene ring substituents is 1. The number of methoxy groups -OCH3 is 1. The van der Waals surface area contributed by atoms with Gasteiger partial charge in [0.25, 0.3) is 11.6 Å². The average Bonchev–Trinajstić information content (AvgIpc) is 3.11. The molecule has 2 heterocycles. The summed E-state index contributed by atoms with van der Waals surface area (Å²) in [5, 5.41) is 11.3. The zero-order chi connectivity index (χ0) is 18.0. The monoisotopic (exact) mass is 345 g/mol. The van der Waals surface area contributed by atoms with E-state index in [9.17, 15) is 14.9 Å². The summed E-state index contributed by atoms with van der Waals surface area (Å²) in [6.07, 6.45) is 0. The molecule has 0 aliphatic carbocycles. The summed E-state index contributed by atoms with van der Waals surface area (Å²) in [4.78, 5) is 27.2. The van der Waals surface area contributed by atoms with Gasteiger partial charge in [0.15, 0.2) is 5.76 Å². The van der Waals surface area contributed by atoms with Crippen molar-refractivity contribution in [1.29, 1.82) is 0 Å². The number of nitro groups is 1. The molecule has 0 saturated carbocycles. The maximum atomic E-state index is 12.5. The van der Waals surface area contributed by atoms with Gasteiger partial charge < -0.3 is 19.0 Å². The normalized spacial score (nSPS) is 15.2. The average molecular weight is 345 g/mol. The third-order valence-corrected chi connectivity index (χ3v) is 4.27. The number of benzene rings is 1. The summed E-state index contributed by atoms with van der Waals surface area (Å²) in [6, 6.07) is 7.65. The third-order valence-electron chi connectivity index (χ3n) is 4.27. The predicted molar refractivity (Wildman–Crippen MR) is 90.8 cm³/mol. The van der Waals surface area contributed by atoms with E-state index in [0.29, 0.717) is 24.4 Å². The SMILES string of the molecule is COc1ccc(-c2ccc(C(=O)N3CCN(C)CC3)o2)c([N+](=O)[O-])c1. The summed E-state index contributed by atoms with van der Waals surface area (Å²) < 4.78 is 10.7. The molecule has 0 atom stereocenters. The van der Waals surface area contributed by atoms with E-state index in [2.05, 4.69) is 4.90 Å². The molecule has 1 fully saturated rings. The zero-order valence-electron chi connectivity index (χ0n) is 14.1. The highest BCUT2D eigenvalue weighted by atomic mass is 16.6. The van der Waals surface area contributed by atoms with Gasteiger partial charge in [-0.3, -0.25) is 14.9 Å². The first-order chi connectivity index (χ1) is 12.0. The third kappa shape index (κ3) is 3.48. The van der Waals surface area contributed by atoms with Gasteiger partial charge in [0.1, 0.15) is 11.5 Å². The van der Waals surface area contributed by atoms with Crippen LogP contribution in [0.15, 0.2) is 34.7 Å². The highest BCUT2D eigenvalue weighted by molar-refractivity contribution is 5.92. The van der Waals surface area contributed by atoms with E-state index in [0.717, 1.165) is 13.1 Å². The fourth-order valence-electron chi connectivity index (χ4n) is 2.76. The highest BCUT2D eigenvalue weighted by Gasteiger charge is 2.25. The number of furan rings is 1. The van der Waals surface area contributed by atoms with Crippen molar-refractivity contribution in [1.82, 2.24) is 9.80 Å². The zero-order valence-corrected chi connectivity index (χ0v) is 14.1. The van der Waals surface area contributed by atoms with Crippen LogP contribution in [0.5, 0.6) is 5.75 Å². The standard InChI is InChI=1S/C17H19N3O5/c1-18-7-9-19(10-8-18)17(21)16-6-5-15(25-16)13-4-3-12(24-2)11-14(13)20(22)23/h3-6,11H,7-10H2,1-2H3. The van der Waals surface area contributed by atoms with Crippen LogP contribution in [0.2, 0.25) is 0 Å². The van der Waals surface area contributed by atoms with Crippen molar-refractivity contribution >= 4 is 11.6 Å². The van der Waals surface area contributed by atoms with Gasteiger partial charge in [-0.25, -0.2) is 0 Å². The predicted octanol–water partition coefficient (Wildman–Crippen LogP) is 2.25. The number of carbonyl (C=O) groups excluding carboxylic acids is 1. The number of carbonyl (C=O) groups is 1. The van der Waals surface area contributed by atoms with Crippen molar-refractivity contribution in [3.8, 4) is 17.1 Å². The van der Waals surface area contributed by atoms with E-state index in [4.69, 9.17) is 9.15 Å². The van der Waals surface area contributed by atoms with Crippen LogP contribution in [-0.4, -0.2) is 61.0 Å². The van der Waals surface area contributed by atoms with Crippen LogP contribution in [0, 0.1) is 10.1 Å².